The zero-order valence-electron chi connectivity index (χ0n) is 13.2. The van der Waals surface area contributed by atoms with E-state index in [-0.39, 0.29) is 0 Å². The Balaban J connectivity index is 3.75. The molecular weight excluding hydrogens is 238 g/mol. The molecule has 0 heterocycles. The summed E-state index contributed by atoms with van der Waals surface area (Å²) < 4.78 is 0. The van der Waals surface area contributed by atoms with Crippen LogP contribution in [0.25, 0.3) is 0 Å². The first-order chi connectivity index (χ1) is 8.74. The molecule has 0 aromatic rings. The van der Waals surface area contributed by atoms with E-state index in [0.717, 1.165) is 5.88 Å². The average molecular weight is 276 g/mol. The van der Waals surface area contributed by atoms with E-state index in [0.29, 0.717) is 0 Å². The lowest BCUT2D eigenvalue weighted by Crippen LogP contribution is -2.22. The number of hydrogen-bond acceptors (Lipinski definition) is 1. The zero-order chi connectivity index (χ0) is 13.7. The third-order valence-corrected chi connectivity index (χ3v) is 8.22. The van der Waals surface area contributed by atoms with Gasteiger partial charge in [0.2, 0.25) is 0 Å². The summed E-state index contributed by atoms with van der Waals surface area (Å²) in [5.74, 6) is 5.24. The van der Waals surface area contributed by atoms with E-state index in [4.69, 9.17) is 5.73 Å². The summed E-state index contributed by atoms with van der Waals surface area (Å²) in [6.07, 6.45) is 12.6. The molecule has 0 aromatic carbocycles. The van der Waals surface area contributed by atoms with Crippen LogP contribution >= 0.6 is 10.0 Å². The molecule has 0 saturated carbocycles. The molecule has 0 saturated heterocycles. The van der Waals surface area contributed by atoms with Crippen molar-refractivity contribution in [2.24, 2.45) is 5.73 Å². The van der Waals surface area contributed by atoms with Crippen molar-refractivity contribution in [1.29, 1.82) is 0 Å². The molecule has 0 bridgehead atoms. The predicted molar refractivity (Wildman–Crippen MR) is 89.8 cm³/mol. The molecule has 0 aliphatic heterocycles. The zero-order valence-corrected chi connectivity index (χ0v) is 14.0. The van der Waals surface area contributed by atoms with Gasteiger partial charge in [-0.05, 0) is 36.5 Å². The molecule has 0 amide bonds. The first-order valence-electron chi connectivity index (χ1n) is 8.18. The third kappa shape index (κ3) is 8.42. The van der Waals surface area contributed by atoms with Crippen LogP contribution in [0.3, 0.4) is 0 Å². The van der Waals surface area contributed by atoms with Gasteiger partial charge in [0.05, 0.1) is 0 Å². The third-order valence-electron chi connectivity index (χ3n) is 3.81. The maximum atomic E-state index is 6.10. The molecule has 2 heteroatoms. The average Bonchev–Trinajstić information content (AvgIpc) is 2.38. The second-order valence-corrected chi connectivity index (χ2v) is 9.63. The number of rotatable bonds is 13. The van der Waals surface area contributed by atoms with E-state index < -0.39 is 10.0 Å². The second kappa shape index (κ2) is 12.3. The smallest absolute Gasteiger partial charge is 0.0235 e. The van der Waals surface area contributed by atoms with Crippen LogP contribution in [0, 0.1) is 0 Å². The fourth-order valence-electron chi connectivity index (χ4n) is 2.79. The highest BCUT2D eigenvalue weighted by molar-refractivity contribution is 8.33. The van der Waals surface area contributed by atoms with Gasteiger partial charge >= 0.3 is 0 Å². The summed E-state index contributed by atoms with van der Waals surface area (Å²) in [5.41, 5.74) is 6.10. The molecule has 0 rings (SSSR count). The van der Waals surface area contributed by atoms with E-state index in [1.54, 1.807) is 0 Å². The quantitative estimate of drug-likeness (QED) is 0.455. The maximum absolute atomic E-state index is 6.10. The lowest BCUT2D eigenvalue weighted by Gasteiger charge is -2.39. The van der Waals surface area contributed by atoms with Crippen LogP contribution in [0.5, 0.6) is 0 Å². The van der Waals surface area contributed by atoms with E-state index >= 15 is 0 Å². The van der Waals surface area contributed by atoms with E-state index in [1.165, 1.54) is 75.0 Å². The highest BCUT2D eigenvalue weighted by atomic mass is 32.3. The Kier molecular flexibility index (Phi) is 12.6. The molecular formula is C16H37NS. The van der Waals surface area contributed by atoms with Crippen molar-refractivity contribution in [2.45, 2.75) is 78.6 Å². The van der Waals surface area contributed by atoms with Gasteiger partial charge < -0.3 is 5.73 Å². The van der Waals surface area contributed by atoms with Crippen LogP contribution in [0.2, 0.25) is 0 Å². The van der Waals surface area contributed by atoms with Gasteiger partial charge in [0.15, 0.2) is 0 Å². The van der Waals surface area contributed by atoms with Crippen molar-refractivity contribution in [1.82, 2.24) is 0 Å². The summed E-state index contributed by atoms with van der Waals surface area (Å²) in [7, 11) is -0.454. The van der Waals surface area contributed by atoms with Crippen molar-refractivity contribution in [2.75, 3.05) is 23.1 Å². The monoisotopic (exact) mass is 275 g/mol. The molecule has 0 aromatic heterocycles. The molecule has 112 valence electrons. The second-order valence-electron chi connectivity index (χ2n) is 5.63. The fraction of sp³-hybridized carbons (Fsp3) is 1.00. The number of nitrogens with two attached hydrogens (primary N) is 1. The molecule has 0 aliphatic carbocycles. The summed E-state index contributed by atoms with van der Waals surface area (Å²) in [5, 5.41) is 0. The van der Waals surface area contributed by atoms with Gasteiger partial charge in [0.1, 0.15) is 0 Å². The minimum Gasteiger partial charge on any atom is -0.323 e. The summed E-state index contributed by atoms with van der Waals surface area (Å²) in [6, 6.07) is 0. The molecule has 0 atom stereocenters. The first-order valence-corrected chi connectivity index (χ1v) is 10.5. The van der Waals surface area contributed by atoms with Gasteiger partial charge in [-0.15, -0.1) is 0 Å². The van der Waals surface area contributed by atoms with Crippen molar-refractivity contribution < 1.29 is 0 Å². The van der Waals surface area contributed by atoms with Crippen molar-refractivity contribution in [3.8, 4) is 0 Å². The first kappa shape index (κ1) is 18.3. The summed E-state index contributed by atoms with van der Waals surface area (Å²) >= 11 is 0. The Hall–Kier alpha value is 0.310. The topological polar surface area (TPSA) is 26.0 Å². The molecule has 18 heavy (non-hydrogen) atoms. The van der Waals surface area contributed by atoms with Gasteiger partial charge in [-0.1, -0.05) is 59.3 Å². The van der Waals surface area contributed by atoms with Crippen molar-refractivity contribution in [3.63, 3.8) is 0 Å². The standard InChI is InChI=1S/C16H37NS/c1-4-7-8-9-10-11-12-15-18(16-17,13-5-2)14-6-3/h4-17H2,1-3H3. The van der Waals surface area contributed by atoms with Crippen molar-refractivity contribution in [3.05, 3.63) is 0 Å². The van der Waals surface area contributed by atoms with E-state index in [9.17, 15) is 0 Å². The van der Waals surface area contributed by atoms with Crippen molar-refractivity contribution >= 4 is 10.0 Å². The molecule has 0 radical (unpaired) electrons. The highest BCUT2D eigenvalue weighted by Gasteiger charge is 2.19. The van der Waals surface area contributed by atoms with Gasteiger partial charge in [-0.3, -0.25) is 0 Å². The fourth-order valence-corrected chi connectivity index (χ4v) is 6.45. The normalized spacial score (nSPS) is 12.9. The minimum atomic E-state index is -0.454. The molecule has 0 unspecified atom stereocenters. The Bertz CT molecular complexity index is 164. The van der Waals surface area contributed by atoms with Gasteiger partial charge in [0, 0.05) is 5.88 Å². The Morgan fingerprint density at radius 2 is 1.11 bits per heavy atom. The van der Waals surface area contributed by atoms with Crippen LogP contribution in [-0.4, -0.2) is 23.1 Å². The molecule has 1 nitrogen and oxygen atoms in total. The van der Waals surface area contributed by atoms with Crippen LogP contribution in [0.1, 0.15) is 78.6 Å². The molecule has 0 aliphatic rings. The van der Waals surface area contributed by atoms with E-state index in [2.05, 4.69) is 20.8 Å². The minimum absolute atomic E-state index is 0.454. The largest absolute Gasteiger partial charge is 0.323 e. The SMILES string of the molecule is CCCCCCCCCS(CN)(CCC)CCC. The highest BCUT2D eigenvalue weighted by Crippen LogP contribution is 2.48. The number of unbranched alkanes of at least 4 members (excludes halogenated alkanes) is 6. The van der Waals surface area contributed by atoms with Gasteiger partial charge in [-0.25, -0.2) is 10.0 Å². The van der Waals surface area contributed by atoms with E-state index in [1.807, 2.05) is 0 Å². The van der Waals surface area contributed by atoms with Gasteiger partial charge in [-0.2, -0.15) is 0 Å². The summed E-state index contributed by atoms with van der Waals surface area (Å²) in [4.78, 5) is 0. The van der Waals surface area contributed by atoms with Crippen LogP contribution in [0.4, 0.5) is 0 Å². The molecule has 0 spiro atoms. The Labute approximate surface area is 118 Å². The predicted octanol–water partition coefficient (Wildman–Crippen LogP) is 5.28. The molecule has 2 N–H and O–H groups in total. The Morgan fingerprint density at radius 1 is 0.611 bits per heavy atom. The molecule has 0 fully saturated rings. The van der Waals surface area contributed by atoms with Crippen LogP contribution < -0.4 is 5.73 Å². The van der Waals surface area contributed by atoms with Gasteiger partial charge in [0.25, 0.3) is 0 Å². The maximum Gasteiger partial charge on any atom is 0.0235 e. The van der Waals surface area contributed by atoms with Crippen LogP contribution in [0.15, 0.2) is 0 Å². The van der Waals surface area contributed by atoms with Crippen LogP contribution in [-0.2, 0) is 0 Å². The lowest BCUT2D eigenvalue weighted by molar-refractivity contribution is 0.603. The Morgan fingerprint density at radius 3 is 1.56 bits per heavy atom. The summed E-state index contributed by atoms with van der Waals surface area (Å²) in [6.45, 7) is 6.92. The lowest BCUT2D eigenvalue weighted by atomic mass is 10.1. The number of hydrogen-bond donors (Lipinski definition) is 1.